The van der Waals surface area contributed by atoms with Crippen LogP contribution in [0.15, 0.2) is 57.7 Å². The number of nitrogens with zero attached hydrogens (tertiary/aromatic N) is 1. The molecule has 0 fully saturated rings. The third-order valence-electron chi connectivity index (χ3n) is 3.63. The molecule has 2 N–H and O–H groups in total. The average Bonchev–Trinajstić information content (AvgIpc) is 2.79. The van der Waals surface area contributed by atoms with Gasteiger partial charge in [-0.05, 0) is 37.0 Å². The highest BCUT2D eigenvalue weighted by Crippen LogP contribution is 2.17. The van der Waals surface area contributed by atoms with Crippen LogP contribution in [0.4, 0.5) is 5.69 Å². The van der Waals surface area contributed by atoms with Crippen LogP contribution in [0.5, 0.6) is 0 Å². The second kappa shape index (κ2) is 5.87. The number of anilines is 1. The smallest absolute Gasteiger partial charge is 0.408 e. The quantitative estimate of drug-likeness (QED) is 0.577. The van der Waals surface area contributed by atoms with Gasteiger partial charge in [0.25, 0.3) is 0 Å². The zero-order valence-electron chi connectivity index (χ0n) is 11.8. The molecule has 0 unspecified atom stereocenters. The van der Waals surface area contributed by atoms with Gasteiger partial charge in [-0.1, -0.05) is 30.3 Å². The monoisotopic (exact) mass is 282 g/mol. The lowest BCUT2D eigenvalue weighted by molar-refractivity contribution is 0.492. The van der Waals surface area contributed by atoms with E-state index >= 15 is 0 Å². The van der Waals surface area contributed by atoms with Gasteiger partial charge in [0, 0.05) is 18.3 Å². The van der Waals surface area contributed by atoms with Gasteiger partial charge in [0.1, 0.15) is 0 Å². The Balaban J connectivity index is 1.66. The Morgan fingerprint density at radius 3 is 2.67 bits per heavy atom. The number of benzene rings is 2. The first-order chi connectivity index (χ1) is 10.2. The number of hydrogen-bond acceptors (Lipinski definition) is 3. The van der Waals surface area contributed by atoms with Gasteiger partial charge in [0.15, 0.2) is 5.58 Å². The van der Waals surface area contributed by atoms with Gasteiger partial charge in [-0.3, -0.25) is 4.57 Å². The molecule has 0 aliphatic carbocycles. The lowest BCUT2D eigenvalue weighted by atomic mass is 10.1. The molecule has 0 spiro atoms. The molecule has 1 heterocycles. The Hall–Kier alpha value is -2.49. The summed E-state index contributed by atoms with van der Waals surface area (Å²) < 4.78 is 6.90. The van der Waals surface area contributed by atoms with Crippen LogP contribution in [0.3, 0.4) is 0 Å². The van der Waals surface area contributed by atoms with Crippen LogP contribution in [0.1, 0.15) is 18.4 Å². The van der Waals surface area contributed by atoms with E-state index in [9.17, 15) is 4.79 Å². The Morgan fingerprint density at radius 2 is 1.86 bits per heavy atom. The van der Waals surface area contributed by atoms with Crippen molar-refractivity contribution in [2.45, 2.75) is 25.8 Å². The molecule has 0 aliphatic rings. The normalized spacial score (nSPS) is 11.0. The topological polar surface area (TPSA) is 61.2 Å². The minimum atomic E-state index is -0.310. The number of fused-ring (bicyclic) bond motifs is 1. The van der Waals surface area contributed by atoms with Crippen LogP contribution in [0, 0.1) is 0 Å². The predicted molar refractivity (Wildman–Crippen MR) is 84.3 cm³/mol. The number of aryl methyl sites for hydroxylation is 2. The van der Waals surface area contributed by atoms with Crippen molar-refractivity contribution >= 4 is 16.8 Å². The molecule has 0 saturated carbocycles. The maximum atomic E-state index is 11.9. The van der Waals surface area contributed by atoms with E-state index < -0.39 is 0 Å². The van der Waals surface area contributed by atoms with Gasteiger partial charge in [-0.2, -0.15) is 0 Å². The van der Waals surface area contributed by atoms with Crippen molar-refractivity contribution < 1.29 is 4.42 Å². The molecule has 2 aromatic carbocycles. The number of nitrogens with two attached hydrogens (primary N) is 1. The van der Waals surface area contributed by atoms with E-state index in [0.29, 0.717) is 17.8 Å². The van der Waals surface area contributed by atoms with Crippen LogP contribution in [0.2, 0.25) is 0 Å². The number of nitrogen functional groups attached to an aromatic ring is 1. The largest absolute Gasteiger partial charge is 0.419 e. The van der Waals surface area contributed by atoms with Crippen molar-refractivity contribution in [3.8, 4) is 0 Å². The van der Waals surface area contributed by atoms with Crippen LogP contribution in [0.25, 0.3) is 11.1 Å². The molecule has 0 radical (unpaired) electrons. The molecule has 21 heavy (non-hydrogen) atoms. The summed E-state index contributed by atoms with van der Waals surface area (Å²) in [5.74, 6) is -0.310. The highest BCUT2D eigenvalue weighted by Gasteiger charge is 2.08. The number of rotatable bonds is 5. The maximum Gasteiger partial charge on any atom is 0.419 e. The lowest BCUT2D eigenvalue weighted by Crippen LogP contribution is -2.14. The summed E-state index contributed by atoms with van der Waals surface area (Å²) in [4.78, 5) is 11.9. The van der Waals surface area contributed by atoms with E-state index in [1.165, 1.54) is 5.56 Å². The summed E-state index contributed by atoms with van der Waals surface area (Å²) in [6, 6.07) is 15.7. The lowest BCUT2D eigenvalue weighted by Gasteiger charge is -2.03. The second-order valence-corrected chi connectivity index (χ2v) is 5.19. The molecule has 4 heteroatoms. The van der Waals surface area contributed by atoms with Gasteiger partial charge in [-0.15, -0.1) is 0 Å². The third-order valence-corrected chi connectivity index (χ3v) is 3.63. The van der Waals surface area contributed by atoms with Crippen molar-refractivity contribution in [1.82, 2.24) is 4.57 Å². The molecule has 0 aliphatic heterocycles. The minimum Gasteiger partial charge on any atom is -0.408 e. The van der Waals surface area contributed by atoms with Gasteiger partial charge >= 0.3 is 5.76 Å². The van der Waals surface area contributed by atoms with Crippen molar-refractivity contribution in [2.24, 2.45) is 0 Å². The first kappa shape index (κ1) is 13.5. The fourth-order valence-electron chi connectivity index (χ4n) is 2.54. The van der Waals surface area contributed by atoms with E-state index in [-0.39, 0.29) is 5.76 Å². The molecule has 1 aromatic heterocycles. The molecule has 0 amide bonds. The summed E-state index contributed by atoms with van der Waals surface area (Å²) in [6.45, 7) is 0.669. The summed E-state index contributed by atoms with van der Waals surface area (Å²) in [5.41, 5.74) is 9.00. The maximum absolute atomic E-state index is 11.9. The highest BCUT2D eigenvalue weighted by molar-refractivity contribution is 5.76. The first-order valence-corrected chi connectivity index (χ1v) is 7.17. The Kier molecular flexibility index (Phi) is 3.77. The van der Waals surface area contributed by atoms with Crippen LogP contribution < -0.4 is 11.5 Å². The average molecular weight is 282 g/mol. The van der Waals surface area contributed by atoms with Crippen LogP contribution >= 0.6 is 0 Å². The van der Waals surface area contributed by atoms with Gasteiger partial charge in [-0.25, -0.2) is 4.79 Å². The number of unbranched alkanes of at least 4 members (excludes halogenated alkanes) is 1. The fraction of sp³-hybridized carbons (Fsp3) is 0.235. The Labute approximate surface area is 122 Å². The van der Waals surface area contributed by atoms with E-state index in [1.807, 2.05) is 24.3 Å². The number of hydrogen-bond donors (Lipinski definition) is 1. The van der Waals surface area contributed by atoms with Crippen LogP contribution in [-0.2, 0) is 13.0 Å². The van der Waals surface area contributed by atoms with Crippen LogP contribution in [-0.4, -0.2) is 4.57 Å². The van der Waals surface area contributed by atoms with E-state index in [2.05, 4.69) is 12.1 Å². The molecular formula is C17H18N2O2. The second-order valence-electron chi connectivity index (χ2n) is 5.19. The van der Waals surface area contributed by atoms with Gasteiger partial charge < -0.3 is 10.2 Å². The van der Waals surface area contributed by atoms with Crippen molar-refractivity contribution in [1.29, 1.82) is 0 Å². The Bertz CT molecular complexity index is 787. The van der Waals surface area contributed by atoms with Gasteiger partial charge in [0.2, 0.25) is 0 Å². The highest BCUT2D eigenvalue weighted by atomic mass is 16.4. The molecule has 3 aromatic rings. The fourth-order valence-corrected chi connectivity index (χ4v) is 2.54. The Morgan fingerprint density at radius 1 is 1.05 bits per heavy atom. The summed E-state index contributed by atoms with van der Waals surface area (Å²) in [7, 11) is 0. The van der Waals surface area contributed by atoms with Gasteiger partial charge in [0.05, 0.1) is 5.52 Å². The SMILES string of the molecule is Nc1ccc2c(c1)oc(=O)n2CCCCc1ccccc1. The van der Waals surface area contributed by atoms with Crippen molar-refractivity contribution in [2.75, 3.05) is 5.73 Å². The molecule has 0 bridgehead atoms. The molecular weight excluding hydrogens is 264 g/mol. The molecule has 4 nitrogen and oxygen atoms in total. The molecule has 0 saturated heterocycles. The minimum absolute atomic E-state index is 0.310. The number of oxazole rings is 1. The zero-order valence-corrected chi connectivity index (χ0v) is 11.8. The summed E-state index contributed by atoms with van der Waals surface area (Å²) >= 11 is 0. The van der Waals surface area contributed by atoms with E-state index in [1.54, 1.807) is 16.7 Å². The molecule has 3 rings (SSSR count). The number of aromatic nitrogens is 1. The summed E-state index contributed by atoms with van der Waals surface area (Å²) in [5, 5.41) is 0. The summed E-state index contributed by atoms with van der Waals surface area (Å²) in [6.07, 6.45) is 3.00. The van der Waals surface area contributed by atoms with Crippen molar-refractivity contribution in [3.63, 3.8) is 0 Å². The molecule has 108 valence electrons. The van der Waals surface area contributed by atoms with Crippen molar-refractivity contribution in [3.05, 3.63) is 64.6 Å². The van der Waals surface area contributed by atoms with E-state index in [4.69, 9.17) is 10.2 Å². The van der Waals surface area contributed by atoms with E-state index in [0.717, 1.165) is 24.8 Å². The molecule has 0 atom stereocenters. The predicted octanol–water partition coefficient (Wildman–Crippen LogP) is 3.20. The zero-order chi connectivity index (χ0) is 14.7. The first-order valence-electron chi connectivity index (χ1n) is 7.17. The third kappa shape index (κ3) is 2.99. The standard InChI is InChI=1S/C17H18N2O2/c18-14-9-10-15-16(12-14)21-17(20)19(15)11-5-4-8-13-6-2-1-3-7-13/h1-3,6-7,9-10,12H,4-5,8,11,18H2.